The van der Waals surface area contributed by atoms with E-state index >= 15 is 0 Å². The van der Waals surface area contributed by atoms with Gasteiger partial charge < -0.3 is 16.0 Å². The van der Waals surface area contributed by atoms with Crippen LogP contribution in [0.1, 0.15) is 35.8 Å². The summed E-state index contributed by atoms with van der Waals surface area (Å²) in [4.78, 5) is 28.3. The average molecular weight is 326 g/mol. The summed E-state index contributed by atoms with van der Waals surface area (Å²) in [5.41, 5.74) is 1.84. The topological polar surface area (TPSA) is 83.1 Å². The third kappa shape index (κ3) is 5.39. The van der Waals surface area contributed by atoms with Crippen molar-refractivity contribution in [2.45, 2.75) is 26.7 Å². The van der Waals surface area contributed by atoms with Crippen molar-refractivity contribution in [1.82, 2.24) is 10.3 Å². The Kier molecular flexibility index (Phi) is 6.31. The van der Waals surface area contributed by atoms with E-state index < -0.39 is 0 Å². The van der Waals surface area contributed by atoms with Crippen LogP contribution in [-0.2, 0) is 0 Å². The molecule has 2 rings (SSSR count). The Morgan fingerprint density at radius 2 is 1.88 bits per heavy atom. The van der Waals surface area contributed by atoms with Gasteiger partial charge >= 0.3 is 6.03 Å². The van der Waals surface area contributed by atoms with E-state index in [1.165, 1.54) is 0 Å². The molecule has 2 aromatic rings. The second-order valence-electron chi connectivity index (χ2n) is 5.43. The van der Waals surface area contributed by atoms with Gasteiger partial charge in [-0.05, 0) is 43.7 Å². The number of amides is 3. The Labute approximate surface area is 141 Å². The van der Waals surface area contributed by atoms with Crippen LogP contribution in [0.3, 0.4) is 0 Å². The monoisotopic (exact) mass is 326 g/mol. The van der Waals surface area contributed by atoms with E-state index in [0.717, 1.165) is 18.5 Å². The van der Waals surface area contributed by atoms with Gasteiger partial charge in [0, 0.05) is 23.5 Å². The Morgan fingerprint density at radius 3 is 2.62 bits per heavy atom. The number of pyridine rings is 1. The molecule has 1 aromatic heterocycles. The molecule has 126 valence electrons. The minimum atomic E-state index is -0.277. The molecule has 0 atom stereocenters. The molecule has 0 unspecified atom stereocenters. The highest BCUT2D eigenvalue weighted by Gasteiger charge is 2.09. The number of unbranched alkanes of at least 4 members (excludes halogenated alkanes) is 1. The van der Waals surface area contributed by atoms with Crippen molar-refractivity contribution in [2.75, 3.05) is 17.2 Å². The quantitative estimate of drug-likeness (QED) is 0.710. The first kappa shape index (κ1) is 17.5. The zero-order valence-corrected chi connectivity index (χ0v) is 13.9. The molecule has 0 aliphatic carbocycles. The van der Waals surface area contributed by atoms with E-state index in [4.69, 9.17) is 0 Å². The third-order valence-corrected chi connectivity index (χ3v) is 3.33. The lowest BCUT2D eigenvalue weighted by atomic mass is 10.2. The molecule has 0 aliphatic rings. The lowest BCUT2D eigenvalue weighted by Gasteiger charge is -2.09. The number of hydrogen-bond acceptors (Lipinski definition) is 3. The van der Waals surface area contributed by atoms with E-state index in [9.17, 15) is 9.59 Å². The van der Waals surface area contributed by atoms with Crippen molar-refractivity contribution in [3.8, 4) is 0 Å². The zero-order chi connectivity index (χ0) is 17.4. The van der Waals surface area contributed by atoms with E-state index in [1.54, 1.807) is 30.3 Å². The van der Waals surface area contributed by atoms with Crippen LogP contribution in [0.15, 0.2) is 42.5 Å². The summed E-state index contributed by atoms with van der Waals surface area (Å²) in [6.07, 6.45) is 1.95. The van der Waals surface area contributed by atoms with Crippen LogP contribution < -0.4 is 16.0 Å². The van der Waals surface area contributed by atoms with Gasteiger partial charge in [-0.3, -0.25) is 4.79 Å². The molecule has 3 N–H and O–H groups in total. The Bertz CT molecular complexity index is 716. The highest BCUT2D eigenvalue weighted by Crippen LogP contribution is 2.13. The summed E-state index contributed by atoms with van der Waals surface area (Å²) in [5.74, 6) is 0.221. The van der Waals surface area contributed by atoms with E-state index in [-0.39, 0.29) is 11.9 Å². The van der Waals surface area contributed by atoms with Crippen LogP contribution in [0, 0.1) is 6.92 Å². The van der Waals surface area contributed by atoms with Gasteiger partial charge in [0.25, 0.3) is 5.91 Å². The van der Waals surface area contributed by atoms with Crippen LogP contribution in [0.25, 0.3) is 0 Å². The first-order chi connectivity index (χ1) is 11.6. The third-order valence-electron chi connectivity index (χ3n) is 3.33. The van der Waals surface area contributed by atoms with Crippen molar-refractivity contribution in [3.63, 3.8) is 0 Å². The van der Waals surface area contributed by atoms with Crippen molar-refractivity contribution in [3.05, 3.63) is 53.7 Å². The summed E-state index contributed by atoms with van der Waals surface area (Å²) >= 11 is 0. The van der Waals surface area contributed by atoms with Crippen LogP contribution in [0.4, 0.5) is 16.3 Å². The molecule has 24 heavy (non-hydrogen) atoms. The second-order valence-corrected chi connectivity index (χ2v) is 5.43. The highest BCUT2D eigenvalue weighted by molar-refractivity contribution is 6.04. The molecule has 0 aliphatic heterocycles. The SMILES string of the molecule is CCCCNC(=O)Nc1cccc(C(=O)Nc2cccc(C)n2)c1. The number of nitrogens with one attached hydrogen (secondary N) is 3. The molecule has 0 saturated heterocycles. The van der Waals surface area contributed by atoms with Crippen molar-refractivity contribution in [2.24, 2.45) is 0 Å². The predicted octanol–water partition coefficient (Wildman–Crippen LogP) is 3.56. The summed E-state index contributed by atoms with van der Waals surface area (Å²) in [6.45, 7) is 4.55. The van der Waals surface area contributed by atoms with Gasteiger partial charge in [-0.1, -0.05) is 25.5 Å². The molecule has 6 nitrogen and oxygen atoms in total. The van der Waals surface area contributed by atoms with E-state index in [2.05, 4.69) is 27.9 Å². The molecule has 0 saturated carbocycles. The van der Waals surface area contributed by atoms with Gasteiger partial charge in [-0.15, -0.1) is 0 Å². The lowest BCUT2D eigenvalue weighted by Crippen LogP contribution is -2.29. The number of aromatic nitrogens is 1. The fourth-order valence-electron chi connectivity index (χ4n) is 2.09. The minimum absolute atomic E-state index is 0.275. The van der Waals surface area contributed by atoms with Gasteiger partial charge in [0.05, 0.1) is 0 Å². The van der Waals surface area contributed by atoms with Gasteiger partial charge in [0.15, 0.2) is 0 Å². The number of aryl methyl sites for hydroxylation is 1. The minimum Gasteiger partial charge on any atom is -0.338 e. The van der Waals surface area contributed by atoms with Crippen LogP contribution in [-0.4, -0.2) is 23.5 Å². The van der Waals surface area contributed by atoms with Crippen LogP contribution >= 0.6 is 0 Å². The largest absolute Gasteiger partial charge is 0.338 e. The zero-order valence-electron chi connectivity index (χ0n) is 13.9. The summed E-state index contributed by atoms with van der Waals surface area (Å²) in [7, 11) is 0. The molecular weight excluding hydrogens is 304 g/mol. The second kappa shape index (κ2) is 8.67. The van der Waals surface area contributed by atoms with Crippen molar-refractivity contribution in [1.29, 1.82) is 0 Å². The number of rotatable bonds is 6. The van der Waals surface area contributed by atoms with Crippen molar-refractivity contribution < 1.29 is 9.59 Å². The molecular formula is C18H22N4O2. The maximum atomic E-state index is 12.3. The Hall–Kier alpha value is -2.89. The Balaban J connectivity index is 1.98. The normalized spacial score (nSPS) is 10.1. The summed E-state index contributed by atoms with van der Waals surface area (Å²) in [6, 6.07) is 11.9. The molecule has 6 heteroatoms. The highest BCUT2D eigenvalue weighted by atomic mass is 16.2. The molecule has 1 heterocycles. The van der Waals surface area contributed by atoms with Crippen molar-refractivity contribution >= 4 is 23.4 Å². The van der Waals surface area contributed by atoms with Gasteiger partial charge in [-0.2, -0.15) is 0 Å². The van der Waals surface area contributed by atoms with Gasteiger partial charge in [-0.25, -0.2) is 9.78 Å². The van der Waals surface area contributed by atoms with E-state index in [1.807, 2.05) is 19.1 Å². The number of urea groups is 1. The lowest BCUT2D eigenvalue weighted by molar-refractivity contribution is 0.102. The summed E-state index contributed by atoms with van der Waals surface area (Å²) < 4.78 is 0. The fourth-order valence-corrected chi connectivity index (χ4v) is 2.09. The first-order valence-electron chi connectivity index (χ1n) is 7.98. The number of hydrogen-bond donors (Lipinski definition) is 3. The first-order valence-corrected chi connectivity index (χ1v) is 7.98. The average Bonchev–Trinajstić information content (AvgIpc) is 2.55. The smallest absolute Gasteiger partial charge is 0.319 e. The standard InChI is InChI=1S/C18H22N4O2/c1-3-4-11-19-18(24)21-15-9-6-8-14(12-15)17(23)22-16-10-5-7-13(2)20-16/h5-10,12H,3-4,11H2,1-2H3,(H2,19,21,24)(H,20,22,23). The van der Waals surface area contributed by atoms with Crippen LogP contribution in [0.5, 0.6) is 0 Å². The predicted molar refractivity (Wildman–Crippen MR) is 95.3 cm³/mol. The number of nitrogens with zero attached hydrogens (tertiary/aromatic N) is 1. The summed E-state index contributed by atoms with van der Waals surface area (Å²) in [5, 5.41) is 8.23. The molecule has 1 aromatic carbocycles. The number of benzene rings is 1. The van der Waals surface area contributed by atoms with Gasteiger partial charge in [0.2, 0.25) is 0 Å². The van der Waals surface area contributed by atoms with E-state index in [0.29, 0.717) is 23.6 Å². The molecule has 0 spiro atoms. The molecule has 0 fully saturated rings. The molecule has 0 bridgehead atoms. The number of carbonyl (C=O) groups is 2. The Morgan fingerprint density at radius 1 is 1.08 bits per heavy atom. The maximum absolute atomic E-state index is 12.3. The van der Waals surface area contributed by atoms with Gasteiger partial charge in [0.1, 0.15) is 5.82 Å². The molecule has 0 radical (unpaired) electrons. The molecule has 3 amide bonds. The number of carbonyl (C=O) groups excluding carboxylic acids is 2. The fraction of sp³-hybridized carbons (Fsp3) is 0.278. The number of anilines is 2. The van der Waals surface area contributed by atoms with Crippen LogP contribution in [0.2, 0.25) is 0 Å². The maximum Gasteiger partial charge on any atom is 0.319 e.